The first-order chi connectivity index (χ1) is 6.45. The van der Waals surface area contributed by atoms with Gasteiger partial charge in [0.25, 0.3) is 0 Å². The van der Waals surface area contributed by atoms with Gasteiger partial charge in [-0.1, -0.05) is 19.3 Å². The summed E-state index contributed by atoms with van der Waals surface area (Å²) in [5, 5.41) is 14.8. The molecule has 1 aliphatic rings. The maximum atomic E-state index is 9.10. The summed E-state index contributed by atoms with van der Waals surface area (Å²) in [4.78, 5) is 18.2. The van der Waals surface area contributed by atoms with Crippen LogP contribution < -0.4 is 5.73 Å². The van der Waals surface area contributed by atoms with E-state index in [2.05, 4.69) is 0 Å². The minimum atomic E-state index is -1.82. The third-order valence-corrected chi connectivity index (χ3v) is 2.00. The normalized spacial score (nSPS) is 24.1. The summed E-state index contributed by atoms with van der Waals surface area (Å²) in [5.74, 6) is -3.65. The van der Waals surface area contributed by atoms with Crippen molar-refractivity contribution in [3.05, 3.63) is 5.73 Å². The van der Waals surface area contributed by atoms with Gasteiger partial charge in [-0.05, 0) is 12.5 Å². The third kappa shape index (κ3) is 8.54. The quantitative estimate of drug-likeness (QED) is 0.512. The number of nitrogens with one attached hydrogen (secondary N) is 1. The van der Waals surface area contributed by atoms with Crippen LogP contribution in [0, 0.1) is 0 Å². The molecule has 0 spiro atoms. The topological polar surface area (TPSA) is 124 Å². The standard InChI is InChI=1S/C6H13N2.C2H2O4.Pt/c7-5-3-1-2-4-6(5)8;3-1(4)2(5)6;/h5-7H,1-4,8H2;(H,3,4)(H,5,6);/q-1;;/t5?,6-;;/m1../s1. The summed E-state index contributed by atoms with van der Waals surface area (Å²) in [6, 6.07) is 0.201. The molecule has 0 saturated heterocycles. The fourth-order valence-corrected chi connectivity index (χ4v) is 1.16. The summed E-state index contributed by atoms with van der Waals surface area (Å²) in [6.45, 7) is 0. The Hall–Kier alpha value is -0.452. The van der Waals surface area contributed by atoms with Crippen LogP contribution in [0.4, 0.5) is 0 Å². The molecule has 92 valence electrons. The Balaban J connectivity index is 0. The second kappa shape index (κ2) is 8.82. The molecule has 6 nitrogen and oxygen atoms in total. The minimum Gasteiger partial charge on any atom is -0.673 e. The fraction of sp³-hybridized carbons (Fsp3) is 0.750. The van der Waals surface area contributed by atoms with Crippen molar-refractivity contribution in [3.8, 4) is 0 Å². The number of hydrogen-bond donors (Lipinski definition) is 3. The molecule has 7 heteroatoms. The van der Waals surface area contributed by atoms with Crippen molar-refractivity contribution >= 4 is 11.9 Å². The smallest absolute Gasteiger partial charge is 0.414 e. The van der Waals surface area contributed by atoms with Gasteiger partial charge >= 0.3 is 11.9 Å². The molecule has 15 heavy (non-hydrogen) atoms. The molecule has 0 aromatic carbocycles. The Labute approximate surface area is 102 Å². The first-order valence-corrected chi connectivity index (χ1v) is 4.38. The van der Waals surface area contributed by atoms with Crippen molar-refractivity contribution in [1.82, 2.24) is 0 Å². The van der Waals surface area contributed by atoms with Gasteiger partial charge in [0.15, 0.2) is 0 Å². The number of carboxylic acid groups (broad SMARTS) is 2. The van der Waals surface area contributed by atoms with Gasteiger partial charge in [0.1, 0.15) is 0 Å². The van der Waals surface area contributed by atoms with Gasteiger partial charge in [0.2, 0.25) is 0 Å². The molecule has 0 aromatic rings. The summed E-state index contributed by atoms with van der Waals surface area (Å²) < 4.78 is 0. The summed E-state index contributed by atoms with van der Waals surface area (Å²) in [5.41, 5.74) is 12.9. The van der Waals surface area contributed by atoms with E-state index in [1.807, 2.05) is 0 Å². The molecular weight excluding hydrogens is 383 g/mol. The van der Waals surface area contributed by atoms with Gasteiger partial charge in [0.05, 0.1) is 0 Å². The van der Waals surface area contributed by atoms with Crippen molar-refractivity contribution in [3.63, 3.8) is 0 Å². The van der Waals surface area contributed by atoms with E-state index in [1.54, 1.807) is 0 Å². The summed E-state index contributed by atoms with van der Waals surface area (Å²) in [7, 11) is 0. The van der Waals surface area contributed by atoms with E-state index >= 15 is 0 Å². The Morgan fingerprint density at radius 1 is 1.13 bits per heavy atom. The fourth-order valence-electron chi connectivity index (χ4n) is 1.16. The second-order valence-electron chi connectivity index (χ2n) is 3.17. The van der Waals surface area contributed by atoms with Crippen molar-refractivity contribution in [1.29, 1.82) is 0 Å². The Kier molecular flexibility index (Phi) is 9.98. The number of carbonyl (C=O) groups is 2. The van der Waals surface area contributed by atoms with Gasteiger partial charge in [-0.2, -0.15) is 0 Å². The molecule has 5 N–H and O–H groups in total. The maximum absolute atomic E-state index is 9.10. The van der Waals surface area contributed by atoms with Crippen LogP contribution in [-0.4, -0.2) is 34.2 Å². The molecule has 0 amide bonds. The van der Waals surface area contributed by atoms with Gasteiger partial charge in [0, 0.05) is 21.1 Å². The van der Waals surface area contributed by atoms with E-state index in [0.29, 0.717) is 0 Å². The van der Waals surface area contributed by atoms with E-state index in [9.17, 15) is 0 Å². The SMILES string of the molecule is O=C(O)C(=O)O.[NH-]C1CCCC[C@H]1N.[Pt]. The van der Waals surface area contributed by atoms with E-state index in [-0.39, 0.29) is 33.1 Å². The number of aliphatic carboxylic acids is 2. The molecule has 1 aliphatic carbocycles. The molecule has 0 radical (unpaired) electrons. The van der Waals surface area contributed by atoms with Crippen LogP contribution in [0.15, 0.2) is 0 Å². The predicted octanol–water partition coefficient (Wildman–Crippen LogP) is 0.462. The van der Waals surface area contributed by atoms with Gasteiger partial charge in [-0.15, -0.1) is 6.04 Å². The van der Waals surface area contributed by atoms with E-state index < -0.39 is 11.9 Å². The maximum Gasteiger partial charge on any atom is 0.414 e. The van der Waals surface area contributed by atoms with Crippen LogP contribution in [0.5, 0.6) is 0 Å². The molecule has 1 fully saturated rings. The molecule has 1 unspecified atom stereocenters. The molecule has 1 rings (SSSR count). The molecular formula is C8H15N2O4Pt-. The van der Waals surface area contributed by atoms with Gasteiger partial charge < -0.3 is 21.7 Å². The van der Waals surface area contributed by atoms with Crippen LogP contribution in [0.1, 0.15) is 25.7 Å². The van der Waals surface area contributed by atoms with Crippen LogP contribution in [-0.2, 0) is 30.7 Å². The Bertz CT molecular complexity index is 191. The van der Waals surface area contributed by atoms with E-state index in [0.717, 1.165) is 12.8 Å². The minimum absolute atomic E-state index is 0. The van der Waals surface area contributed by atoms with Crippen LogP contribution >= 0.6 is 0 Å². The Morgan fingerprint density at radius 3 is 1.73 bits per heavy atom. The second-order valence-corrected chi connectivity index (χ2v) is 3.17. The van der Waals surface area contributed by atoms with Crippen LogP contribution in [0.3, 0.4) is 0 Å². The van der Waals surface area contributed by atoms with Crippen molar-refractivity contribution in [2.24, 2.45) is 5.73 Å². The first kappa shape index (κ1) is 17.0. The predicted molar refractivity (Wildman–Crippen MR) is 49.8 cm³/mol. The number of nitrogens with two attached hydrogens (primary N) is 1. The molecule has 1 saturated carbocycles. The largest absolute Gasteiger partial charge is 0.673 e. The van der Waals surface area contributed by atoms with E-state index in [4.69, 9.17) is 31.3 Å². The average Bonchev–Trinajstić information content (AvgIpc) is 2.11. The zero-order chi connectivity index (χ0) is 11.1. The molecule has 2 atom stereocenters. The molecule has 0 aliphatic heterocycles. The molecule has 0 aromatic heterocycles. The monoisotopic (exact) mass is 398 g/mol. The zero-order valence-electron chi connectivity index (χ0n) is 8.09. The molecule has 0 heterocycles. The van der Waals surface area contributed by atoms with Crippen molar-refractivity contribution in [2.45, 2.75) is 37.8 Å². The van der Waals surface area contributed by atoms with Crippen LogP contribution in [0.2, 0.25) is 0 Å². The van der Waals surface area contributed by atoms with E-state index in [1.165, 1.54) is 12.8 Å². The van der Waals surface area contributed by atoms with Gasteiger partial charge in [-0.3, -0.25) is 0 Å². The average molecular weight is 398 g/mol. The summed E-state index contributed by atoms with van der Waals surface area (Å²) in [6.07, 6.45) is 4.52. The number of carboxylic acids is 2. The summed E-state index contributed by atoms with van der Waals surface area (Å²) >= 11 is 0. The molecule has 0 bridgehead atoms. The van der Waals surface area contributed by atoms with Crippen LogP contribution in [0.25, 0.3) is 5.73 Å². The van der Waals surface area contributed by atoms with Crippen molar-refractivity contribution in [2.75, 3.05) is 0 Å². The number of rotatable bonds is 0. The zero-order valence-corrected chi connectivity index (χ0v) is 10.4. The van der Waals surface area contributed by atoms with Gasteiger partial charge in [-0.25, -0.2) is 9.59 Å². The Morgan fingerprint density at radius 2 is 1.53 bits per heavy atom. The first-order valence-electron chi connectivity index (χ1n) is 4.38. The number of hydrogen-bond acceptors (Lipinski definition) is 3. The van der Waals surface area contributed by atoms with Crippen molar-refractivity contribution < 1.29 is 40.9 Å². The third-order valence-electron chi connectivity index (χ3n) is 2.00.